The van der Waals surface area contributed by atoms with Gasteiger partial charge in [-0.1, -0.05) is 15.9 Å². The zero-order valence-corrected chi connectivity index (χ0v) is 11.9. The molecule has 1 aliphatic rings. The topological polar surface area (TPSA) is 48.5 Å². The van der Waals surface area contributed by atoms with Gasteiger partial charge in [0, 0.05) is 10.0 Å². The van der Waals surface area contributed by atoms with Gasteiger partial charge in [-0.15, -0.1) is 0 Å². The minimum Gasteiger partial charge on any atom is -0.300 e. The van der Waals surface area contributed by atoms with Crippen molar-refractivity contribution < 1.29 is 4.39 Å². The molecule has 4 rings (SSSR count). The molecule has 2 aromatic heterocycles. The summed E-state index contributed by atoms with van der Waals surface area (Å²) in [6, 6.07) is 5.90. The van der Waals surface area contributed by atoms with Crippen LogP contribution in [0.25, 0.3) is 17.1 Å². The summed E-state index contributed by atoms with van der Waals surface area (Å²) >= 11 is 3.47. The van der Waals surface area contributed by atoms with Crippen molar-refractivity contribution in [2.24, 2.45) is 0 Å². The number of hydrogen-bond donors (Lipinski definition) is 0. The van der Waals surface area contributed by atoms with E-state index in [1.54, 1.807) is 11.0 Å². The molecule has 0 bridgehead atoms. The van der Waals surface area contributed by atoms with Gasteiger partial charge in [-0.25, -0.2) is 19.0 Å². The van der Waals surface area contributed by atoms with Gasteiger partial charge < -0.3 is 4.57 Å². The van der Waals surface area contributed by atoms with E-state index >= 15 is 0 Å². The molecule has 0 amide bonds. The average molecular weight is 334 g/mol. The Morgan fingerprint density at radius 1 is 1.30 bits per heavy atom. The Balaban J connectivity index is 2.09. The predicted molar refractivity (Wildman–Crippen MR) is 74.2 cm³/mol. The highest BCUT2D eigenvalue weighted by Gasteiger charge is 2.23. The Labute approximate surface area is 122 Å². The van der Waals surface area contributed by atoms with Gasteiger partial charge in [-0.3, -0.25) is 0 Å². The molecule has 0 radical (unpaired) electrons. The molecule has 0 N–H and O–H groups in total. The van der Waals surface area contributed by atoms with E-state index < -0.39 is 6.67 Å². The van der Waals surface area contributed by atoms with E-state index in [0.717, 1.165) is 27.2 Å². The lowest BCUT2D eigenvalue weighted by molar-refractivity contribution is 0.471. The lowest BCUT2D eigenvalue weighted by atomic mass is 10.1. The predicted octanol–water partition coefficient (Wildman–Crippen LogP) is 2.72. The summed E-state index contributed by atoms with van der Waals surface area (Å²) in [6.45, 7) is -0.126. The van der Waals surface area contributed by atoms with E-state index in [1.165, 1.54) is 6.33 Å². The molecule has 0 atom stereocenters. The summed E-state index contributed by atoms with van der Waals surface area (Å²) in [5.41, 5.74) is 3.13. The molecule has 3 heterocycles. The van der Waals surface area contributed by atoms with E-state index in [2.05, 4.69) is 31.0 Å². The Kier molecular flexibility index (Phi) is 2.50. The number of benzene rings is 1. The molecule has 1 aliphatic heterocycles. The zero-order chi connectivity index (χ0) is 13.7. The van der Waals surface area contributed by atoms with Crippen LogP contribution in [0.5, 0.6) is 0 Å². The van der Waals surface area contributed by atoms with Crippen LogP contribution in [0.4, 0.5) is 4.39 Å². The molecular formula is C13H9BrFN5. The molecule has 5 nitrogen and oxygen atoms in total. The van der Waals surface area contributed by atoms with E-state index in [4.69, 9.17) is 0 Å². The monoisotopic (exact) mass is 333 g/mol. The lowest BCUT2D eigenvalue weighted by Crippen LogP contribution is -2.06. The number of hydrogen-bond acceptors (Lipinski definition) is 3. The highest BCUT2D eigenvalue weighted by Crippen LogP contribution is 2.33. The van der Waals surface area contributed by atoms with E-state index in [-0.39, 0.29) is 0 Å². The Morgan fingerprint density at radius 2 is 2.20 bits per heavy atom. The summed E-state index contributed by atoms with van der Waals surface area (Å²) < 4.78 is 17.7. The first-order valence-corrected chi connectivity index (χ1v) is 6.86. The van der Waals surface area contributed by atoms with Gasteiger partial charge in [-0.05, 0) is 18.2 Å². The Bertz CT molecular complexity index is 807. The number of halogens is 2. The third-order valence-electron chi connectivity index (χ3n) is 3.45. The van der Waals surface area contributed by atoms with Crippen LogP contribution in [0.2, 0.25) is 0 Å². The van der Waals surface area contributed by atoms with E-state index in [9.17, 15) is 4.39 Å². The summed E-state index contributed by atoms with van der Waals surface area (Å²) in [6.07, 6.45) is 3.17. The average Bonchev–Trinajstić information content (AvgIpc) is 3.04. The third kappa shape index (κ3) is 1.56. The number of alkyl halides is 1. The summed E-state index contributed by atoms with van der Waals surface area (Å²) in [5, 5.41) is 4.23. The summed E-state index contributed by atoms with van der Waals surface area (Å²) in [4.78, 5) is 8.47. The number of imidazole rings is 1. The van der Waals surface area contributed by atoms with Crippen LogP contribution in [-0.2, 0) is 13.2 Å². The standard InChI is InChI=1S/C13H9BrFN5/c14-8-1-2-11-9(3-8)13-16-6-18-20(13)5-12-10(4-15)17-7-19(11)12/h1-3,6-7H,4-5H2. The molecule has 0 fully saturated rings. The van der Waals surface area contributed by atoms with Gasteiger partial charge in [0.25, 0.3) is 0 Å². The maximum atomic E-state index is 13.1. The first-order valence-electron chi connectivity index (χ1n) is 6.07. The van der Waals surface area contributed by atoms with Crippen molar-refractivity contribution >= 4 is 15.9 Å². The molecule has 3 aromatic rings. The van der Waals surface area contributed by atoms with Gasteiger partial charge in [-0.2, -0.15) is 5.10 Å². The van der Waals surface area contributed by atoms with Crippen molar-refractivity contribution in [3.8, 4) is 17.1 Å². The smallest absolute Gasteiger partial charge is 0.160 e. The number of fused-ring (bicyclic) bond motifs is 5. The van der Waals surface area contributed by atoms with Crippen LogP contribution in [0.15, 0.2) is 35.3 Å². The highest BCUT2D eigenvalue weighted by molar-refractivity contribution is 9.10. The third-order valence-corrected chi connectivity index (χ3v) is 3.95. The molecule has 0 unspecified atom stereocenters. The van der Waals surface area contributed by atoms with Gasteiger partial charge in [0.2, 0.25) is 0 Å². The lowest BCUT2D eigenvalue weighted by Gasteiger charge is -2.08. The molecule has 7 heteroatoms. The van der Waals surface area contributed by atoms with Crippen LogP contribution in [0.1, 0.15) is 11.4 Å². The van der Waals surface area contributed by atoms with Crippen LogP contribution in [-0.4, -0.2) is 24.3 Å². The fraction of sp³-hybridized carbons (Fsp3) is 0.154. The molecule has 1 aromatic carbocycles. The normalized spacial score (nSPS) is 12.5. The van der Waals surface area contributed by atoms with Crippen LogP contribution in [0.3, 0.4) is 0 Å². The zero-order valence-electron chi connectivity index (χ0n) is 10.3. The number of aromatic nitrogens is 5. The summed E-state index contributed by atoms with van der Waals surface area (Å²) in [7, 11) is 0. The quantitative estimate of drug-likeness (QED) is 0.538. The maximum Gasteiger partial charge on any atom is 0.160 e. The molecule has 20 heavy (non-hydrogen) atoms. The van der Waals surface area contributed by atoms with E-state index in [1.807, 2.05) is 22.8 Å². The summed E-state index contributed by atoms with van der Waals surface area (Å²) in [5.74, 6) is 0.773. The van der Waals surface area contributed by atoms with Gasteiger partial charge >= 0.3 is 0 Å². The second-order valence-corrected chi connectivity index (χ2v) is 5.46. The second-order valence-electron chi connectivity index (χ2n) is 4.54. The maximum absolute atomic E-state index is 13.1. The van der Waals surface area contributed by atoms with E-state index in [0.29, 0.717) is 12.2 Å². The first kappa shape index (κ1) is 11.8. The van der Waals surface area contributed by atoms with Crippen molar-refractivity contribution in [3.63, 3.8) is 0 Å². The van der Waals surface area contributed by atoms with Crippen molar-refractivity contribution in [2.45, 2.75) is 13.2 Å². The van der Waals surface area contributed by atoms with Crippen LogP contribution >= 0.6 is 15.9 Å². The van der Waals surface area contributed by atoms with Gasteiger partial charge in [0.15, 0.2) is 5.82 Å². The molecule has 0 spiro atoms. The van der Waals surface area contributed by atoms with Crippen molar-refractivity contribution in [2.75, 3.05) is 0 Å². The molecule has 100 valence electrons. The van der Waals surface area contributed by atoms with Crippen molar-refractivity contribution in [3.05, 3.63) is 46.7 Å². The fourth-order valence-electron chi connectivity index (χ4n) is 2.53. The van der Waals surface area contributed by atoms with Crippen LogP contribution in [0, 0.1) is 0 Å². The Morgan fingerprint density at radius 3 is 3.05 bits per heavy atom. The Hall–Kier alpha value is -2.02. The first-order chi connectivity index (χ1) is 9.78. The molecule has 0 aliphatic carbocycles. The van der Waals surface area contributed by atoms with Crippen molar-refractivity contribution in [1.29, 1.82) is 0 Å². The fourth-order valence-corrected chi connectivity index (χ4v) is 2.89. The van der Waals surface area contributed by atoms with Gasteiger partial charge in [0.05, 0.1) is 29.9 Å². The SMILES string of the molecule is FCc1ncn2c1Cn1ncnc1-c1cc(Br)ccc1-2. The van der Waals surface area contributed by atoms with Crippen molar-refractivity contribution in [1.82, 2.24) is 24.3 Å². The number of rotatable bonds is 1. The largest absolute Gasteiger partial charge is 0.300 e. The molecular weight excluding hydrogens is 325 g/mol. The molecule has 0 saturated carbocycles. The van der Waals surface area contributed by atoms with Gasteiger partial charge in [0.1, 0.15) is 13.0 Å². The van der Waals surface area contributed by atoms with Crippen LogP contribution < -0.4 is 0 Å². The second kappa shape index (κ2) is 4.24. The molecule has 0 saturated heterocycles. The highest BCUT2D eigenvalue weighted by atomic mass is 79.9. The number of nitrogens with zero attached hydrogens (tertiary/aromatic N) is 5. The minimum absolute atomic E-state index is 0.446. The minimum atomic E-state index is -0.585.